The maximum atomic E-state index is 12.4. The van der Waals surface area contributed by atoms with Crippen LogP contribution in [0.3, 0.4) is 0 Å². The lowest BCUT2D eigenvalue weighted by molar-refractivity contribution is 0.0178. The Bertz CT molecular complexity index is 744. The number of fused-ring (bicyclic) bond motifs is 1. The van der Waals surface area contributed by atoms with E-state index in [1.807, 2.05) is 0 Å². The summed E-state index contributed by atoms with van der Waals surface area (Å²) < 4.78 is 11.0. The number of hydrogen-bond donors (Lipinski definition) is 4. The van der Waals surface area contributed by atoms with Crippen molar-refractivity contribution in [1.29, 1.82) is 0 Å². The Kier molecular flexibility index (Phi) is 3.72. The standard InChI is InChI=1S/C16H17N3O5/c20-9-3-1-8(2-4-9)10-5-11(19-18-10)16(22)17-12-6-23-15-13(21)7-24-14(12)15/h1-5,12-15,20-21H,6-7H2,(H,17,22)(H,18,19)/t12-,13+,14+,15+/m0/s1. The Labute approximate surface area is 137 Å². The van der Waals surface area contributed by atoms with Crippen molar-refractivity contribution in [2.75, 3.05) is 13.2 Å². The molecule has 8 nitrogen and oxygen atoms in total. The summed E-state index contributed by atoms with van der Waals surface area (Å²) in [6.07, 6.45) is -1.36. The summed E-state index contributed by atoms with van der Waals surface area (Å²) in [6.45, 7) is 0.522. The third kappa shape index (κ3) is 2.64. The SMILES string of the molecule is O=C(N[C@H]1CO[C@H]2[C@@H]1OC[C@H]2O)c1cc(-c2ccc(O)cc2)n[nH]1. The van der Waals surface area contributed by atoms with Gasteiger partial charge in [-0.15, -0.1) is 0 Å². The van der Waals surface area contributed by atoms with E-state index >= 15 is 0 Å². The normalized spacial score (nSPS) is 28.7. The highest BCUT2D eigenvalue weighted by molar-refractivity contribution is 5.93. The number of benzene rings is 1. The van der Waals surface area contributed by atoms with Crippen LogP contribution >= 0.6 is 0 Å². The Morgan fingerprint density at radius 2 is 1.96 bits per heavy atom. The van der Waals surface area contributed by atoms with Crippen LogP contribution in [0, 0.1) is 0 Å². The van der Waals surface area contributed by atoms with Crippen molar-refractivity contribution >= 4 is 5.91 Å². The van der Waals surface area contributed by atoms with Gasteiger partial charge in [-0.3, -0.25) is 9.89 Å². The van der Waals surface area contributed by atoms with Crippen LogP contribution in [0.25, 0.3) is 11.3 Å². The van der Waals surface area contributed by atoms with Crippen molar-refractivity contribution < 1.29 is 24.5 Å². The van der Waals surface area contributed by atoms with Gasteiger partial charge in [0.15, 0.2) is 0 Å². The molecule has 4 N–H and O–H groups in total. The number of aliphatic hydroxyl groups is 1. The highest BCUT2D eigenvalue weighted by Gasteiger charge is 2.47. The number of phenolic OH excluding ortho intramolecular Hbond substituents is 1. The van der Waals surface area contributed by atoms with Gasteiger partial charge in [-0.25, -0.2) is 0 Å². The summed E-state index contributed by atoms with van der Waals surface area (Å²) in [5.41, 5.74) is 1.71. The minimum atomic E-state index is -0.648. The number of hydrogen-bond acceptors (Lipinski definition) is 6. The van der Waals surface area contributed by atoms with E-state index < -0.39 is 6.10 Å². The number of aromatic amines is 1. The average Bonchev–Trinajstić information content (AvgIpc) is 3.27. The van der Waals surface area contributed by atoms with E-state index in [2.05, 4.69) is 15.5 Å². The van der Waals surface area contributed by atoms with E-state index in [0.717, 1.165) is 5.56 Å². The number of rotatable bonds is 3. The van der Waals surface area contributed by atoms with Crippen molar-refractivity contribution in [3.8, 4) is 17.0 Å². The number of carbonyl (C=O) groups excluding carboxylic acids is 1. The second-order valence-electron chi connectivity index (χ2n) is 5.96. The highest BCUT2D eigenvalue weighted by atomic mass is 16.6. The maximum absolute atomic E-state index is 12.4. The first-order chi connectivity index (χ1) is 11.6. The molecule has 2 aromatic rings. The number of aromatic nitrogens is 2. The molecule has 0 radical (unpaired) electrons. The number of nitrogens with zero attached hydrogens (tertiary/aromatic N) is 1. The summed E-state index contributed by atoms with van der Waals surface area (Å²) in [6, 6.07) is 7.89. The van der Waals surface area contributed by atoms with Crippen LogP contribution in [0.5, 0.6) is 5.75 Å². The zero-order chi connectivity index (χ0) is 16.7. The van der Waals surface area contributed by atoms with E-state index in [1.54, 1.807) is 30.3 Å². The lowest BCUT2D eigenvalue weighted by Gasteiger charge is -2.16. The maximum Gasteiger partial charge on any atom is 0.269 e. The first kappa shape index (κ1) is 15.1. The molecule has 2 aliphatic rings. The van der Waals surface area contributed by atoms with Crippen LogP contribution in [0.1, 0.15) is 10.5 Å². The molecule has 1 aromatic carbocycles. The van der Waals surface area contributed by atoms with Gasteiger partial charge in [0.1, 0.15) is 29.8 Å². The van der Waals surface area contributed by atoms with Crippen LogP contribution < -0.4 is 5.32 Å². The fourth-order valence-electron chi connectivity index (χ4n) is 3.07. The number of phenols is 1. The number of nitrogens with one attached hydrogen (secondary N) is 2. The Morgan fingerprint density at radius 1 is 1.21 bits per heavy atom. The van der Waals surface area contributed by atoms with Gasteiger partial charge in [0.2, 0.25) is 0 Å². The molecule has 0 spiro atoms. The van der Waals surface area contributed by atoms with Gasteiger partial charge >= 0.3 is 0 Å². The molecule has 4 rings (SSSR count). The monoisotopic (exact) mass is 331 g/mol. The van der Waals surface area contributed by atoms with E-state index in [1.165, 1.54) is 0 Å². The molecule has 1 aromatic heterocycles. The second-order valence-corrected chi connectivity index (χ2v) is 5.96. The number of aliphatic hydroxyl groups excluding tert-OH is 1. The molecule has 0 bridgehead atoms. The molecular weight excluding hydrogens is 314 g/mol. The summed E-state index contributed by atoms with van der Waals surface area (Å²) in [5.74, 6) is -0.145. The molecule has 0 unspecified atom stereocenters. The molecule has 2 aliphatic heterocycles. The first-order valence-electron chi connectivity index (χ1n) is 7.69. The predicted octanol–water partition coefficient (Wildman–Crippen LogP) is 0.0392. The first-order valence-corrected chi connectivity index (χ1v) is 7.69. The van der Waals surface area contributed by atoms with E-state index in [4.69, 9.17) is 9.47 Å². The van der Waals surface area contributed by atoms with Crippen molar-refractivity contribution in [2.45, 2.75) is 24.4 Å². The quantitative estimate of drug-likeness (QED) is 0.631. The van der Waals surface area contributed by atoms with Crippen LogP contribution in [-0.4, -0.2) is 63.9 Å². The van der Waals surface area contributed by atoms with Gasteiger partial charge in [0.25, 0.3) is 5.91 Å². The van der Waals surface area contributed by atoms with Gasteiger partial charge in [-0.1, -0.05) is 0 Å². The fraction of sp³-hybridized carbons (Fsp3) is 0.375. The molecule has 2 fully saturated rings. The number of H-pyrrole nitrogens is 1. The van der Waals surface area contributed by atoms with Crippen molar-refractivity contribution in [2.24, 2.45) is 0 Å². The van der Waals surface area contributed by atoms with Crippen LogP contribution in [-0.2, 0) is 9.47 Å². The molecular formula is C16H17N3O5. The predicted molar refractivity (Wildman–Crippen MR) is 82.4 cm³/mol. The van der Waals surface area contributed by atoms with Crippen LogP contribution in [0.2, 0.25) is 0 Å². The Hall–Kier alpha value is -2.42. The minimum absolute atomic E-state index is 0.168. The lowest BCUT2D eigenvalue weighted by Crippen LogP contribution is -2.44. The van der Waals surface area contributed by atoms with Crippen LogP contribution in [0.4, 0.5) is 0 Å². The molecule has 126 valence electrons. The smallest absolute Gasteiger partial charge is 0.269 e. The van der Waals surface area contributed by atoms with Crippen molar-refractivity contribution in [3.05, 3.63) is 36.0 Å². The number of amides is 1. The molecule has 2 saturated heterocycles. The summed E-state index contributed by atoms with van der Waals surface area (Å²) in [4.78, 5) is 12.4. The zero-order valence-electron chi connectivity index (χ0n) is 12.7. The molecule has 0 aliphatic carbocycles. The fourth-order valence-corrected chi connectivity index (χ4v) is 3.07. The number of aromatic hydroxyl groups is 1. The number of ether oxygens (including phenoxy) is 2. The molecule has 8 heteroatoms. The summed E-state index contributed by atoms with van der Waals surface area (Å²) >= 11 is 0. The average molecular weight is 331 g/mol. The second kappa shape index (κ2) is 5.90. The van der Waals surface area contributed by atoms with E-state index in [0.29, 0.717) is 18.0 Å². The molecule has 0 saturated carbocycles. The highest BCUT2D eigenvalue weighted by Crippen LogP contribution is 2.27. The Balaban J connectivity index is 1.45. The largest absolute Gasteiger partial charge is 0.508 e. The van der Waals surface area contributed by atoms with Gasteiger partial charge in [-0.2, -0.15) is 5.10 Å². The molecule has 24 heavy (non-hydrogen) atoms. The molecule has 3 heterocycles. The third-order valence-corrected chi connectivity index (χ3v) is 4.33. The van der Waals surface area contributed by atoms with E-state index in [9.17, 15) is 15.0 Å². The molecule has 1 amide bonds. The Morgan fingerprint density at radius 3 is 2.75 bits per heavy atom. The third-order valence-electron chi connectivity index (χ3n) is 4.33. The van der Waals surface area contributed by atoms with Gasteiger partial charge < -0.3 is 25.0 Å². The molecule has 4 atom stereocenters. The topological polar surface area (TPSA) is 117 Å². The number of carbonyl (C=O) groups is 1. The summed E-state index contributed by atoms with van der Waals surface area (Å²) in [7, 11) is 0. The van der Waals surface area contributed by atoms with Crippen molar-refractivity contribution in [3.63, 3.8) is 0 Å². The zero-order valence-corrected chi connectivity index (χ0v) is 12.7. The van der Waals surface area contributed by atoms with Gasteiger partial charge in [0, 0.05) is 5.56 Å². The summed E-state index contributed by atoms with van der Waals surface area (Å²) in [5, 5.41) is 28.7. The van der Waals surface area contributed by atoms with E-state index in [-0.39, 0.29) is 36.5 Å². The van der Waals surface area contributed by atoms with Gasteiger partial charge in [0.05, 0.1) is 24.9 Å². The minimum Gasteiger partial charge on any atom is -0.508 e. The van der Waals surface area contributed by atoms with Crippen LogP contribution in [0.15, 0.2) is 30.3 Å². The van der Waals surface area contributed by atoms with Crippen molar-refractivity contribution in [1.82, 2.24) is 15.5 Å². The lowest BCUT2D eigenvalue weighted by atomic mass is 10.1. The van der Waals surface area contributed by atoms with Gasteiger partial charge in [-0.05, 0) is 30.3 Å².